The second-order valence-corrected chi connectivity index (χ2v) is 4.38. The van der Waals surface area contributed by atoms with Gasteiger partial charge < -0.3 is 9.73 Å². The van der Waals surface area contributed by atoms with Crippen molar-refractivity contribution in [3.05, 3.63) is 59.0 Å². The first-order chi connectivity index (χ1) is 10.2. The lowest BCUT2D eigenvalue weighted by atomic mass is 10.2. The quantitative estimate of drug-likeness (QED) is 0.653. The van der Waals surface area contributed by atoms with Crippen molar-refractivity contribution >= 4 is 29.6 Å². The molecule has 2 N–H and O–H groups in total. The Labute approximate surface area is 125 Å². The van der Waals surface area contributed by atoms with Crippen molar-refractivity contribution in [1.29, 1.82) is 0 Å². The van der Waals surface area contributed by atoms with Crippen molar-refractivity contribution in [2.45, 2.75) is 0 Å². The number of carbonyl (C=O) groups excluding carboxylic acids is 2. The summed E-state index contributed by atoms with van der Waals surface area (Å²) in [5.41, 5.74) is 2.58. The van der Waals surface area contributed by atoms with Crippen LogP contribution in [-0.4, -0.2) is 24.6 Å². The fourth-order valence-corrected chi connectivity index (χ4v) is 1.69. The van der Waals surface area contributed by atoms with Crippen LogP contribution in [0.4, 0.5) is 0 Å². The molecule has 0 bridgehead atoms. The number of hydrogen-bond acceptors (Lipinski definition) is 4. The van der Waals surface area contributed by atoms with Gasteiger partial charge in [-0.1, -0.05) is 23.7 Å². The molecule has 0 aliphatic heterocycles. The molecule has 21 heavy (non-hydrogen) atoms. The van der Waals surface area contributed by atoms with E-state index in [0.29, 0.717) is 16.3 Å². The standard InChI is InChI=1S/C14H12ClN3O3/c15-12-6-2-1-5-11(12)14(20)16-9-13(19)18-17-8-10-4-3-7-21-10/h1-8H,9H2,(H,16,20)(H,18,19)/b17-8-. The third-order valence-electron chi connectivity index (χ3n) is 2.45. The van der Waals surface area contributed by atoms with E-state index in [1.54, 1.807) is 36.4 Å². The van der Waals surface area contributed by atoms with Gasteiger partial charge in [0.15, 0.2) is 0 Å². The maximum Gasteiger partial charge on any atom is 0.259 e. The van der Waals surface area contributed by atoms with Crippen LogP contribution >= 0.6 is 11.6 Å². The number of amides is 2. The number of nitrogens with one attached hydrogen (secondary N) is 2. The largest absolute Gasteiger partial charge is 0.463 e. The topological polar surface area (TPSA) is 83.7 Å². The van der Waals surface area contributed by atoms with Crippen LogP contribution in [0.25, 0.3) is 0 Å². The van der Waals surface area contributed by atoms with Gasteiger partial charge in [-0.05, 0) is 24.3 Å². The number of hydrazone groups is 1. The molecule has 6 nitrogen and oxygen atoms in total. The Morgan fingerprint density at radius 2 is 2.05 bits per heavy atom. The Kier molecular flexibility index (Phi) is 5.11. The van der Waals surface area contributed by atoms with Crippen molar-refractivity contribution in [3.63, 3.8) is 0 Å². The van der Waals surface area contributed by atoms with Gasteiger partial charge in [-0.25, -0.2) is 5.43 Å². The van der Waals surface area contributed by atoms with Crippen molar-refractivity contribution in [2.24, 2.45) is 5.10 Å². The predicted molar refractivity (Wildman–Crippen MR) is 78.2 cm³/mol. The highest BCUT2D eigenvalue weighted by Gasteiger charge is 2.10. The average Bonchev–Trinajstić information content (AvgIpc) is 2.98. The summed E-state index contributed by atoms with van der Waals surface area (Å²) in [4.78, 5) is 23.3. The molecule has 1 heterocycles. The molecule has 0 aliphatic rings. The van der Waals surface area contributed by atoms with Crippen LogP contribution in [0.3, 0.4) is 0 Å². The highest BCUT2D eigenvalue weighted by atomic mass is 35.5. The van der Waals surface area contributed by atoms with Gasteiger partial charge >= 0.3 is 0 Å². The van der Waals surface area contributed by atoms with Crippen LogP contribution < -0.4 is 10.7 Å². The third-order valence-corrected chi connectivity index (χ3v) is 2.78. The summed E-state index contributed by atoms with van der Waals surface area (Å²) in [5.74, 6) is -0.376. The first-order valence-electron chi connectivity index (χ1n) is 6.05. The maximum absolute atomic E-state index is 11.8. The lowest BCUT2D eigenvalue weighted by Crippen LogP contribution is -2.35. The van der Waals surface area contributed by atoms with Gasteiger partial charge in [-0.15, -0.1) is 0 Å². The first kappa shape index (κ1) is 14.8. The number of halogens is 1. The monoisotopic (exact) mass is 305 g/mol. The van der Waals surface area contributed by atoms with Gasteiger partial charge in [0.2, 0.25) is 0 Å². The summed E-state index contributed by atoms with van der Waals surface area (Å²) in [6, 6.07) is 9.97. The van der Waals surface area contributed by atoms with Gasteiger partial charge in [0.1, 0.15) is 5.76 Å². The molecule has 0 radical (unpaired) electrons. The van der Waals surface area contributed by atoms with E-state index >= 15 is 0 Å². The summed E-state index contributed by atoms with van der Waals surface area (Å²) in [5, 5.41) is 6.46. The summed E-state index contributed by atoms with van der Waals surface area (Å²) >= 11 is 5.88. The Balaban J connectivity index is 1.79. The van der Waals surface area contributed by atoms with Crippen molar-refractivity contribution in [3.8, 4) is 0 Å². The second kappa shape index (κ2) is 7.25. The minimum Gasteiger partial charge on any atom is -0.463 e. The summed E-state index contributed by atoms with van der Waals surface area (Å²) < 4.78 is 5.00. The average molecular weight is 306 g/mol. The Bertz CT molecular complexity index is 653. The molecular formula is C14H12ClN3O3. The van der Waals surface area contributed by atoms with E-state index in [-0.39, 0.29) is 6.54 Å². The lowest BCUT2D eigenvalue weighted by Gasteiger charge is -2.05. The van der Waals surface area contributed by atoms with Crippen LogP contribution in [0.15, 0.2) is 52.2 Å². The zero-order valence-electron chi connectivity index (χ0n) is 10.9. The molecular weight excluding hydrogens is 294 g/mol. The van der Waals surface area contributed by atoms with Gasteiger partial charge in [0.25, 0.3) is 11.8 Å². The van der Waals surface area contributed by atoms with E-state index in [9.17, 15) is 9.59 Å². The number of carbonyl (C=O) groups is 2. The first-order valence-corrected chi connectivity index (χ1v) is 6.43. The van der Waals surface area contributed by atoms with E-state index in [4.69, 9.17) is 16.0 Å². The maximum atomic E-state index is 11.8. The molecule has 0 unspecified atom stereocenters. The highest BCUT2D eigenvalue weighted by molar-refractivity contribution is 6.33. The minimum atomic E-state index is -0.460. The molecule has 0 fully saturated rings. The van der Waals surface area contributed by atoms with Crippen LogP contribution in [0.2, 0.25) is 5.02 Å². The molecule has 0 saturated heterocycles. The van der Waals surface area contributed by atoms with Crippen molar-refractivity contribution in [1.82, 2.24) is 10.7 Å². The van der Waals surface area contributed by atoms with Gasteiger partial charge in [0.05, 0.1) is 29.6 Å². The van der Waals surface area contributed by atoms with Crippen molar-refractivity contribution < 1.29 is 14.0 Å². The number of hydrogen-bond donors (Lipinski definition) is 2. The second-order valence-electron chi connectivity index (χ2n) is 3.97. The van der Waals surface area contributed by atoms with Crippen LogP contribution in [-0.2, 0) is 4.79 Å². The van der Waals surface area contributed by atoms with E-state index in [2.05, 4.69) is 15.8 Å². The lowest BCUT2D eigenvalue weighted by molar-refractivity contribution is -0.120. The number of furan rings is 1. The molecule has 0 atom stereocenters. The molecule has 2 rings (SSSR count). The number of benzene rings is 1. The van der Waals surface area contributed by atoms with E-state index in [1.807, 2.05) is 0 Å². The highest BCUT2D eigenvalue weighted by Crippen LogP contribution is 2.14. The van der Waals surface area contributed by atoms with Crippen molar-refractivity contribution in [2.75, 3.05) is 6.54 Å². The van der Waals surface area contributed by atoms with Crippen LogP contribution in [0, 0.1) is 0 Å². The smallest absolute Gasteiger partial charge is 0.259 e. The molecule has 108 valence electrons. The summed E-state index contributed by atoms with van der Waals surface area (Å²) in [7, 11) is 0. The van der Waals surface area contributed by atoms with Gasteiger partial charge in [0, 0.05) is 0 Å². The molecule has 2 amide bonds. The zero-order valence-corrected chi connectivity index (χ0v) is 11.6. The fourth-order valence-electron chi connectivity index (χ4n) is 1.47. The van der Waals surface area contributed by atoms with Gasteiger partial charge in [-0.3, -0.25) is 9.59 Å². The summed E-state index contributed by atoms with van der Waals surface area (Å²) in [6.07, 6.45) is 2.85. The third kappa shape index (κ3) is 4.47. The number of nitrogens with zero attached hydrogens (tertiary/aromatic N) is 1. The SMILES string of the molecule is O=C(CNC(=O)c1ccccc1Cl)N/N=C\c1ccco1. The Morgan fingerprint density at radius 3 is 2.76 bits per heavy atom. The van der Waals surface area contributed by atoms with E-state index in [1.165, 1.54) is 12.5 Å². The number of rotatable bonds is 5. The molecule has 0 saturated carbocycles. The molecule has 1 aromatic heterocycles. The Hall–Kier alpha value is -2.60. The van der Waals surface area contributed by atoms with Crippen LogP contribution in [0.1, 0.15) is 16.1 Å². The minimum absolute atomic E-state index is 0.209. The molecule has 7 heteroatoms. The van der Waals surface area contributed by atoms with E-state index < -0.39 is 11.8 Å². The van der Waals surface area contributed by atoms with Gasteiger partial charge in [-0.2, -0.15) is 5.10 Å². The normalized spacial score (nSPS) is 10.5. The fraction of sp³-hybridized carbons (Fsp3) is 0.0714. The van der Waals surface area contributed by atoms with Crippen LogP contribution in [0.5, 0.6) is 0 Å². The molecule has 0 aliphatic carbocycles. The molecule has 2 aromatic rings. The predicted octanol–water partition coefficient (Wildman–Crippen LogP) is 1.81. The zero-order chi connectivity index (χ0) is 15.1. The van der Waals surface area contributed by atoms with E-state index in [0.717, 1.165) is 0 Å². The molecule has 0 spiro atoms. The molecule has 1 aromatic carbocycles. The Morgan fingerprint density at radius 1 is 1.24 bits per heavy atom. The summed E-state index contributed by atoms with van der Waals surface area (Å²) in [6.45, 7) is -0.209.